The Morgan fingerprint density at radius 2 is 1.78 bits per heavy atom. The van der Waals surface area contributed by atoms with Gasteiger partial charge >= 0.3 is 0 Å². The van der Waals surface area contributed by atoms with E-state index in [2.05, 4.69) is 0 Å². The molecule has 0 radical (unpaired) electrons. The number of Topliss-reactive ketones (excluding diaryl/α,β-unsaturated/α-hetero) is 1. The van der Waals surface area contributed by atoms with Crippen LogP contribution in [0.1, 0.15) is 73.2 Å². The standard InChI is InChI=1S/C20H24O3/c1-13(21)17-15-11-8-12-16(15)19(22-17)18(23-20(2,3)4)14-9-6-5-7-10-14/h5-7,9-10,18H,8,11-12H2,1-4H3. The molecular weight excluding hydrogens is 288 g/mol. The lowest BCUT2D eigenvalue weighted by atomic mass is 10.0. The first-order valence-corrected chi connectivity index (χ1v) is 8.25. The molecule has 1 heterocycles. The summed E-state index contributed by atoms with van der Waals surface area (Å²) in [6.07, 6.45) is 2.67. The van der Waals surface area contributed by atoms with Crippen molar-refractivity contribution in [2.24, 2.45) is 0 Å². The van der Waals surface area contributed by atoms with Gasteiger partial charge in [-0.2, -0.15) is 0 Å². The third-order valence-electron chi connectivity index (χ3n) is 4.13. The van der Waals surface area contributed by atoms with Gasteiger partial charge in [-0.3, -0.25) is 4.79 Å². The number of furan rings is 1. The second-order valence-corrected chi connectivity index (χ2v) is 7.18. The van der Waals surface area contributed by atoms with E-state index in [0.29, 0.717) is 5.76 Å². The Kier molecular flexibility index (Phi) is 4.15. The Morgan fingerprint density at radius 3 is 2.39 bits per heavy atom. The molecule has 1 atom stereocenters. The van der Waals surface area contributed by atoms with Gasteiger partial charge in [0.2, 0.25) is 0 Å². The summed E-state index contributed by atoms with van der Waals surface area (Å²) in [6.45, 7) is 7.69. The Hall–Kier alpha value is -1.87. The number of ether oxygens (including phenoxy) is 1. The summed E-state index contributed by atoms with van der Waals surface area (Å²) in [7, 11) is 0. The fourth-order valence-corrected chi connectivity index (χ4v) is 3.25. The lowest BCUT2D eigenvalue weighted by molar-refractivity contribution is -0.0516. The molecule has 0 saturated heterocycles. The van der Waals surface area contributed by atoms with Gasteiger partial charge in [-0.05, 0) is 45.6 Å². The maximum atomic E-state index is 11.9. The van der Waals surface area contributed by atoms with Gasteiger partial charge in [-0.15, -0.1) is 0 Å². The molecule has 0 saturated carbocycles. The number of carbonyl (C=O) groups is 1. The van der Waals surface area contributed by atoms with Crippen molar-refractivity contribution in [1.82, 2.24) is 0 Å². The van der Waals surface area contributed by atoms with Gasteiger partial charge in [0, 0.05) is 18.1 Å². The average Bonchev–Trinajstić information content (AvgIpc) is 3.06. The van der Waals surface area contributed by atoms with Crippen molar-refractivity contribution in [3.8, 4) is 0 Å². The number of rotatable bonds is 4. The lowest BCUT2D eigenvalue weighted by Gasteiger charge is -2.27. The van der Waals surface area contributed by atoms with Crippen LogP contribution < -0.4 is 0 Å². The highest BCUT2D eigenvalue weighted by Gasteiger charge is 2.33. The maximum absolute atomic E-state index is 11.9. The van der Waals surface area contributed by atoms with Crippen LogP contribution >= 0.6 is 0 Å². The Balaban J connectivity index is 2.11. The van der Waals surface area contributed by atoms with E-state index in [0.717, 1.165) is 36.1 Å². The quantitative estimate of drug-likeness (QED) is 0.756. The molecule has 0 N–H and O–H groups in total. The van der Waals surface area contributed by atoms with Crippen LogP contribution in [-0.4, -0.2) is 11.4 Å². The van der Waals surface area contributed by atoms with Crippen molar-refractivity contribution in [2.45, 2.75) is 58.7 Å². The highest BCUT2D eigenvalue weighted by atomic mass is 16.5. The number of fused-ring (bicyclic) bond motifs is 1. The van der Waals surface area contributed by atoms with E-state index >= 15 is 0 Å². The molecule has 3 rings (SSSR count). The maximum Gasteiger partial charge on any atom is 0.195 e. The van der Waals surface area contributed by atoms with Crippen molar-refractivity contribution >= 4 is 5.78 Å². The first-order valence-electron chi connectivity index (χ1n) is 8.25. The zero-order valence-electron chi connectivity index (χ0n) is 14.3. The predicted octanol–water partition coefficient (Wildman–Crippen LogP) is 4.88. The van der Waals surface area contributed by atoms with Gasteiger partial charge in [0.25, 0.3) is 0 Å². The van der Waals surface area contributed by atoms with Crippen molar-refractivity contribution in [3.63, 3.8) is 0 Å². The van der Waals surface area contributed by atoms with Crippen LogP contribution in [0, 0.1) is 0 Å². The highest BCUT2D eigenvalue weighted by molar-refractivity contribution is 5.93. The van der Waals surface area contributed by atoms with E-state index in [9.17, 15) is 4.79 Å². The second kappa shape index (κ2) is 5.97. The molecule has 122 valence electrons. The van der Waals surface area contributed by atoms with Crippen molar-refractivity contribution in [1.29, 1.82) is 0 Å². The van der Waals surface area contributed by atoms with Gasteiger partial charge in [-0.25, -0.2) is 0 Å². The number of hydrogen-bond acceptors (Lipinski definition) is 3. The molecule has 1 aromatic heterocycles. The molecule has 23 heavy (non-hydrogen) atoms. The van der Waals surface area contributed by atoms with E-state index < -0.39 is 0 Å². The van der Waals surface area contributed by atoms with Crippen LogP contribution in [0.15, 0.2) is 34.7 Å². The fraction of sp³-hybridized carbons (Fsp3) is 0.450. The zero-order valence-corrected chi connectivity index (χ0v) is 14.3. The van der Waals surface area contributed by atoms with Gasteiger partial charge in [0.05, 0.1) is 5.60 Å². The summed E-state index contributed by atoms with van der Waals surface area (Å²) in [5, 5.41) is 0. The zero-order chi connectivity index (χ0) is 16.6. The topological polar surface area (TPSA) is 39.4 Å². The predicted molar refractivity (Wildman–Crippen MR) is 89.9 cm³/mol. The normalized spacial score (nSPS) is 15.5. The van der Waals surface area contributed by atoms with E-state index in [-0.39, 0.29) is 17.5 Å². The number of ketones is 1. The Bertz CT molecular complexity index is 704. The Morgan fingerprint density at radius 1 is 1.13 bits per heavy atom. The summed E-state index contributed by atoms with van der Waals surface area (Å²) in [5.74, 6) is 1.33. The summed E-state index contributed by atoms with van der Waals surface area (Å²) >= 11 is 0. The van der Waals surface area contributed by atoms with Crippen LogP contribution in [0.4, 0.5) is 0 Å². The smallest absolute Gasteiger partial charge is 0.195 e. The first kappa shape index (κ1) is 16.0. The number of hydrogen-bond donors (Lipinski definition) is 0. The van der Waals surface area contributed by atoms with Crippen LogP contribution in [0.5, 0.6) is 0 Å². The molecule has 0 aliphatic heterocycles. The molecule has 0 fully saturated rings. The molecule has 3 nitrogen and oxygen atoms in total. The van der Waals surface area contributed by atoms with Crippen molar-refractivity contribution in [2.75, 3.05) is 0 Å². The van der Waals surface area contributed by atoms with Gasteiger partial charge < -0.3 is 9.15 Å². The minimum absolute atomic E-state index is 0.00281. The molecule has 1 aromatic carbocycles. The van der Waals surface area contributed by atoms with Gasteiger partial charge in [0.15, 0.2) is 11.5 Å². The summed E-state index contributed by atoms with van der Waals surface area (Å²) in [4.78, 5) is 11.9. The SMILES string of the molecule is CC(=O)c1oc(C(OC(C)(C)C)c2ccccc2)c2c1CCC2. The van der Waals surface area contributed by atoms with E-state index in [4.69, 9.17) is 9.15 Å². The molecule has 1 aliphatic carbocycles. The van der Waals surface area contributed by atoms with Gasteiger partial charge in [0.1, 0.15) is 11.9 Å². The van der Waals surface area contributed by atoms with Crippen LogP contribution in [0.2, 0.25) is 0 Å². The third-order valence-corrected chi connectivity index (χ3v) is 4.13. The summed E-state index contributed by atoms with van der Waals surface area (Å²) in [5.41, 5.74) is 3.01. The van der Waals surface area contributed by atoms with E-state index in [1.54, 1.807) is 6.92 Å². The molecule has 2 aromatic rings. The molecule has 3 heteroatoms. The van der Waals surface area contributed by atoms with Crippen LogP contribution in [0.25, 0.3) is 0 Å². The van der Waals surface area contributed by atoms with E-state index in [1.807, 2.05) is 51.1 Å². The number of carbonyl (C=O) groups excluding carboxylic acids is 1. The molecule has 0 bridgehead atoms. The molecule has 1 aliphatic rings. The minimum Gasteiger partial charge on any atom is -0.454 e. The van der Waals surface area contributed by atoms with Crippen LogP contribution in [-0.2, 0) is 17.6 Å². The minimum atomic E-state index is -0.310. The lowest BCUT2D eigenvalue weighted by Crippen LogP contribution is -2.23. The Labute approximate surface area is 137 Å². The van der Waals surface area contributed by atoms with Crippen molar-refractivity contribution in [3.05, 3.63) is 58.5 Å². The highest BCUT2D eigenvalue weighted by Crippen LogP contribution is 2.40. The monoisotopic (exact) mass is 312 g/mol. The van der Waals surface area contributed by atoms with Gasteiger partial charge in [-0.1, -0.05) is 30.3 Å². The first-order chi connectivity index (χ1) is 10.9. The molecule has 1 unspecified atom stereocenters. The molecule has 0 amide bonds. The molecule has 0 spiro atoms. The van der Waals surface area contributed by atoms with E-state index in [1.165, 1.54) is 5.56 Å². The van der Waals surface area contributed by atoms with Crippen molar-refractivity contribution < 1.29 is 13.9 Å². The van der Waals surface area contributed by atoms with Crippen LogP contribution in [0.3, 0.4) is 0 Å². The molecular formula is C20H24O3. The fourth-order valence-electron chi connectivity index (χ4n) is 3.25. The number of benzene rings is 1. The summed E-state index contributed by atoms with van der Waals surface area (Å²) < 4.78 is 12.4. The largest absolute Gasteiger partial charge is 0.454 e. The second-order valence-electron chi connectivity index (χ2n) is 7.18. The third kappa shape index (κ3) is 3.25. The summed E-state index contributed by atoms with van der Waals surface area (Å²) in [6, 6.07) is 10.1. The average molecular weight is 312 g/mol.